The number of fused-ring (bicyclic) bond motifs is 1. The summed E-state index contributed by atoms with van der Waals surface area (Å²) in [7, 11) is 1.63. The minimum absolute atomic E-state index is 0.191. The summed E-state index contributed by atoms with van der Waals surface area (Å²) in [6.07, 6.45) is 3.21. The van der Waals surface area contributed by atoms with Crippen molar-refractivity contribution in [2.75, 3.05) is 13.9 Å². The van der Waals surface area contributed by atoms with E-state index in [1.54, 1.807) is 18.1 Å². The zero-order valence-electron chi connectivity index (χ0n) is 14.7. The fourth-order valence-electron chi connectivity index (χ4n) is 2.93. The second kappa shape index (κ2) is 7.05. The molecule has 0 saturated heterocycles. The zero-order valence-corrected chi connectivity index (χ0v) is 14.7. The molecule has 134 valence electrons. The van der Waals surface area contributed by atoms with Crippen LogP contribution in [-0.4, -0.2) is 28.7 Å². The number of aromatic nitrogens is 3. The molecule has 1 atom stereocenters. The number of hydrogen-bond acceptors (Lipinski definition) is 6. The van der Waals surface area contributed by atoms with E-state index < -0.39 is 0 Å². The molecule has 7 nitrogen and oxygen atoms in total. The van der Waals surface area contributed by atoms with Crippen LogP contribution in [0.1, 0.15) is 24.1 Å². The molecule has 0 radical (unpaired) electrons. The monoisotopic (exact) mass is 352 g/mol. The van der Waals surface area contributed by atoms with Crippen LogP contribution in [0.25, 0.3) is 5.69 Å². The van der Waals surface area contributed by atoms with Crippen molar-refractivity contribution >= 4 is 0 Å². The van der Waals surface area contributed by atoms with Gasteiger partial charge in [-0.15, -0.1) is 0 Å². The lowest BCUT2D eigenvalue weighted by molar-refractivity contribution is 0.171. The Kier molecular flexibility index (Phi) is 4.45. The van der Waals surface area contributed by atoms with Crippen LogP contribution >= 0.6 is 0 Å². The van der Waals surface area contributed by atoms with Gasteiger partial charge in [-0.2, -0.15) is 5.10 Å². The molecule has 0 aliphatic carbocycles. The third-order valence-corrected chi connectivity index (χ3v) is 4.41. The number of rotatable bonds is 6. The van der Waals surface area contributed by atoms with E-state index in [2.05, 4.69) is 34.5 Å². The molecule has 1 N–H and O–H groups in total. The van der Waals surface area contributed by atoms with Crippen LogP contribution in [0.3, 0.4) is 0 Å². The Balaban J connectivity index is 1.43. The normalized spacial score (nSPS) is 13.6. The predicted octanol–water partition coefficient (Wildman–Crippen LogP) is 2.86. The number of methoxy groups -OCH3 is 1. The van der Waals surface area contributed by atoms with E-state index in [1.807, 2.05) is 24.3 Å². The zero-order chi connectivity index (χ0) is 17.9. The second-order valence-corrected chi connectivity index (χ2v) is 6.07. The van der Waals surface area contributed by atoms with E-state index in [1.165, 1.54) is 11.9 Å². The molecule has 26 heavy (non-hydrogen) atoms. The van der Waals surface area contributed by atoms with Gasteiger partial charge in [0.25, 0.3) is 0 Å². The molecule has 1 unspecified atom stereocenters. The third-order valence-electron chi connectivity index (χ3n) is 4.41. The first kappa shape index (κ1) is 16.4. The molecule has 2 heterocycles. The van der Waals surface area contributed by atoms with Gasteiger partial charge in [0, 0.05) is 12.6 Å². The molecule has 7 heteroatoms. The van der Waals surface area contributed by atoms with Crippen molar-refractivity contribution < 1.29 is 14.2 Å². The molecule has 0 saturated carbocycles. The molecular weight excluding hydrogens is 332 g/mol. The SMILES string of the molecule is COc1cc(CNC(C)c2ccc(-n3cncn3)cc2)cc2c1OCO2. The molecule has 0 fully saturated rings. The Morgan fingerprint density at radius 1 is 1.23 bits per heavy atom. The highest BCUT2D eigenvalue weighted by Gasteiger charge is 2.20. The van der Waals surface area contributed by atoms with Gasteiger partial charge in [0.1, 0.15) is 12.7 Å². The van der Waals surface area contributed by atoms with Crippen molar-refractivity contribution in [1.29, 1.82) is 0 Å². The summed E-state index contributed by atoms with van der Waals surface area (Å²) in [5.41, 5.74) is 3.26. The van der Waals surface area contributed by atoms with Gasteiger partial charge in [0.15, 0.2) is 11.5 Å². The summed E-state index contributed by atoms with van der Waals surface area (Å²) in [4.78, 5) is 3.97. The highest BCUT2D eigenvalue weighted by atomic mass is 16.7. The Bertz CT molecular complexity index is 879. The lowest BCUT2D eigenvalue weighted by atomic mass is 10.1. The lowest BCUT2D eigenvalue weighted by Gasteiger charge is -2.16. The van der Waals surface area contributed by atoms with Gasteiger partial charge in [-0.1, -0.05) is 12.1 Å². The topological polar surface area (TPSA) is 70.4 Å². The van der Waals surface area contributed by atoms with E-state index in [0.717, 1.165) is 17.0 Å². The van der Waals surface area contributed by atoms with Crippen LogP contribution < -0.4 is 19.5 Å². The maximum absolute atomic E-state index is 5.48. The first-order valence-electron chi connectivity index (χ1n) is 8.39. The van der Waals surface area contributed by atoms with Gasteiger partial charge in [-0.3, -0.25) is 0 Å². The van der Waals surface area contributed by atoms with E-state index in [0.29, 0.717) is 18.0 Å². The van der Waals surface area contributed by atoms with E-state index in [4.69, 9.17) is 14.2 Å². The van der Waals surface area contributed by atoms with E-state index in [-0.39, 0.29) is 12.8 Å². The Hall–Kier alpha value is -3.06. The minimum atomic E-state index is 0.191. The molecule has 3 aromatic rings. The number of benzene rings is 2. The average molecular weight is 352 g/mol. The van der Waals surface area contributed by atoms with E-state index >= 15 is 0 Å². The van der Waals surface area contributed by atoms with Crippen molar-refractivity contribution in [2.45, 2.75) is 19.5 Å². The van der Waals surface area contributed by atoms with Crippen molar-refractivity contribution in [3.63, 3.8) is 0 Å². The summed E-state index contributed by atoms with van der Waals surface area (Å²) in [6.45, 7) is 3.06. The minimum Gasteiger partial charge on any atom is -0.493 e. The third kappa shape index (κ3) is 3.21. The fraction of sp³-hybridized carbons (Fsp3) is 0.263. The molecule has 0 spiro atoms. The van der Waals surface area contributed by atoms with Crippen LogP contribution in [0.2, 0.25) is 0 Å². The summed E-state index contributed by atoms with van der Waals surface area (Å²) in [6, 6.07) is 12.4. The average Bonchev–Trinajstić information content (AvgIpc) is 3.37. The van der Waals surface area contributed by atoms with Gasteiger partial charge in [-0.05, 0) is 42.3 Å². The molecule has 1 aliphatic heterocycles. The van der Waals surface area contributed by atoms with Crippen molar-refractivity contribution in [3.05, 3.63) is 60.2 Å². The number of nitrogens with zero attached hydrogens (tertiary/aromatic N) is 3. The summed E-state index contributed by atoms with van der Waals surface area (Å²) < 4.78 is 18.0. The predicted molar refractivity (Wildman–Crippen MR) is 95.7 cm³/mol. The quantitative estimate of drug-likeness (QED) is 0.736. The van der Waals surface area contributed by atoms with Crippen LogP contribution in [0.4, 0.5) is 0 Å². The highest BCUT2D eigenvalue weighted by molar-refractivity contribution is 5.55. The smallest absolute Gasteiger partial charge is 0.231 e. The Labute approximate surface area is 151 Å². The Morgan fingerprint density at radius 2 is 2.08 bits per heavy atom. The molecule has 0 amide bonds. The standard InChI is InChI=1S/C19H20N4O3/c1-13(15-3-5-16(6-4-15)23-11-20-10-22-23)21-9-14-7-17(24-2)19-18(8-14)25-12-26-19/h3-8,10-11,13,21H,9,12H2,1-2H3. The van der Waals surface area contributed by atoms with Crippen molar-refractivity contribution in [3.8, 4) is 22.9 Å². The molecule has 4 rings (SSSR count). The number of ether oxygens (including phenoxy) is 3. The first-order valence-corrected chi connectivity index (χ1v) is 8.39. The van der Waals surface area contributed by atoms with Gasteiger partial charge >= 0.3 is 0 Å². The van der Waals surface area contributed by atoms with Gasteiger partial charge in [-0.25, -0.2) is 9.67 Å². The Morgan fingerprint density at radius 3 is 2.81 bits per heavy atom. The van der Waals surface area contributed by atoms with Gasteiger partial charge in [0.2, 0.25) is 12.5 Å². The fourth-order valence-corrected chi connectivity index (χ4v) is 2.93. The van der Waals surface area contributed by atoms with Crippen LogP contribution in [0.15, 0.2) is 49.1 Å². The maximum atomic E-state index is 5.48. The summed E-state index contributed by atoms with van der Waals surface area (Å²) >= 11 is 0. The van der Waals surface area contributed by atoms with Crippen molar-refractivity contribution in [1.82, 2.24) is 20.1 Å². The first-order chi connectivity index (χ1) is 12.7. The van der Waals surface area contributed by atoms with Crippen LogP contribution in [-0.2, 0) is 6.54 Å². The van der Waals surface area contributed by atoms with E-state index in [9.17, 15) is 0 Å². The molecule has 1 aliphatic rings. The summed E-state index contributed by atoms with van der Waals surface area (Å²) in [5.74, 6) is 2.10. The number of hydrogen-bond donors (Lipinski definition) is 1. The maximum Gasteiger partial charge on any atom is 0.231 e. The van der Waals surface area contributed by atoms with Gasteiger partial charge < -0.3 is 19.5 Å². The second-order valence-electron chi connectivity index (χ2n) is 6.07. The molecule has 2 aromatic carbocycles. The molecular formula is C19H20N4O3. The summed E-state index contributed by atoms with van der Waals surface area (Å²) in [5, 5.41) is 7.66. The molecule has 0 bridgehead atoms. The van der Waals surface area contributed by atoms with Gasteiger partial charge in [0.05, 0.1) is 12.8 Å². The lowest BCUT2D eigenvalue weighted by Crippen LogP contribution is -2.18. The van der Waals surface area contributed by atoms with Crippen LogP contribution in [0, 0.1) is 0 Å². The molecule has 1 aromatic heterocycles. The highest BCUT2D eigenvalue weighted by Crippen LogP contribution is 2.41. The number of nitrogens with one attached hydrogen (secondary N) is 1. The van der Waals surface area contributed by atoms with Crippen molar-refractivity contribution in [2.24, 2.45) is 0 Å². The van der Waals surface area contributed by atoms with Crippen LogP contribution in [0.5, 0.6) is 17.2 Å². The largest absolute Gasteiger partial charge is 0.493 e.